The first-order valence-corrected chi connectivity index (χ1v) is 12.2. The van der Waals surface area contributed by atoms with Crippen LogP contribution >= 0.6 is 11.3 Å². The maximum Gasteiger partial charge on any atom is 0.261 e. The van der Waals surface area contributed by atoms with E-state index in [1.54, 1.807) is 12.5 Å². The van der Waals surface area contributed by atoms with Gasteiger partial charge in [-0.25, -0.2) is 9.97 Å². The van der Waals surface area contributed by atoms with E-state index in [1.807, 2.05) is 31.2 Å². The van der Waals surface area contributed by atoms with Gasteiger partial charge >= 0.3 is 0 Å². The molecule has 1 aromatic carbocycles. The number of anilines is 1. The third-order valence-corrected chi connectivity index (χ3v) is 7.83. The molecule has 6 nitrogen and oxygen atoms in total. The first-order valence-electron chi connectivity index (χ1n) is 11.4. The molecule has 0 bridgehead atoms. The second-order valence-electron chi connectivity index (χ2n) is 8.67. The molecule has 0 atom stereocenters. The average molecular weight is 458 g/mol. The lowest BCUT2D eigenvalue weighted by molar-refractivity contribution is 0.0946. The van der Waals surface area contributed by atoms with Gasteiger partial charge in [-0.2, -0.15) is 0 Å². The van der Waals surface area contributed by atoms with Gasteiger partial charge in [-0.05, 0) is 43.0 Å². The van der Waals surface area contributed by atoms with Crippen LogP contribution in [0.4, 0.5) is 5.82 Å². The van der Waals surface area contributed by atoms with Crippen molar-refractivity contribution >= 4 is 33.3 Å². The molecule has 1 aliphatic rings. The molecular formula is C26H27N5OS. The minimum Gasteiger partial charge on any atom is -0.364 e. The first kappa shape index (κ1) is 21.5. The predicted octanol–water partition coefficient (Wildman–Crippen LogP) is 5.25. The highest BCUT2D eigenvalue weighted by molar-refractivity contribution is 7.20. The molecule has 4 aromatic rings. The van der Waals surface area contributed by atoms with Crippen LogP contribution in [0.3, 0.4) is 0 Å². The van der Waals surface area contributed by atoms with Crippen molar-refractivity contribution in [2.45, 2.75) is 44.6 Å². The van der Waals surface area contributed by atoms with Gasteiger partial charge in [-0.15, -0.1) is 11.3 Å². The quantitative estimate of drug-likeness (QED) is 0.396. The summed E-state index contributed by atoms with van der Waals surface area (Å²) in [6, 6.07) is 16.4. The lowest BCUT2D eigenvalue weighted by Gasteiger charge is -2.30. The monoisotopic (exact) mass is 457 g/mol. The summed E-state index contributed by atoms with van der Waals surface area (Å²) in [5.74, 6) is 0.698. The molecule has 0 radical (unpaired) electrons. The van der Waals surface area contributed by atoms with Gasteiger partial charge in [0, 0.05) is 18.2 Å². The van der Waals surface area contributed by atoms with Crippen molar-refractivity contribution < 1.29 is 4.79 Å². The summed E-state index contributed by atoms with van der Waals surface area (Å²) in [5, 5.41) is 7.52. The summed E-state index contributed by atoms with van der Waals surface area (Å²) in [5.41, 5.74) is 3.19. The number of carbonyl (C=O) groups is 1. The molecular weight excluding hydrogens is 430 g/mol. The molecule has 0 spiro atoms. The van der Waals surface area contributed by atoms with Crippen molar-refractivity contribution in [3.05, 3.63) is 82.8 Å². The highest BCUT2D eigenvalue weighted by Gasteiger charge is 2.36. The van der Waals surface area contributed by atoms with E-state index >= 15 is 0 Å². The van der Waals surface area contributed by atoms with Gasteiger partial charge in [-0.1, -0.05) is 49.2 Å². The number of aromatic nitrogens is 3. The van der Waals surface area contributed by atoms with E-state index in [-0.39, 0.29) is 11.3 Å². The van der Waals surface area contributed by atoms with E-state index in [4.69, 9.17) is 0 Å². The summed E-state index contributed by atoms with van der Waals surface area (Å²) in [6.45, 7) is 3.19. The van der Waals surface area contributed by atoms with Gasteiger partial charge in [-0.3, -0.25) is 9.78 Å². The van der Waals surface area contributed by atoms with Gasteiger partial charge in [0.05, 0.1) is 22.5 Å². The number of amides is 1. The largest absolute Gasteiger partial charge is 0.364 e. The Hall–Kier alpha value is -3.32. The fourth-order valence-electron chi connectivity index (χ4n) is 4.84. The number of aryl methyl sites for hydroxylation is 1. The molecule has 1 amide bonds. The Labute approximate surface area is 197 Å². The number of thiophene rings is 1. The van der Waals surface area contributed by atoms with E-state index in [0.717, 1.165) is 40.1 Å². The summed E-state index contributed by atoms with van der Waals surface area (Å²) in [4.78, 5) is 28.0. The molecule has 0 unspecified atom stereocenters. The molecule has 1 fully saturated rings. The molecule has 5 rings (SSSR count). The second-order valence-corrected chi connectivity index (χ2v) is 9.67. The van der Waals surface area contributed by atoms with Crippen LogP contribution in [0.1, 0.15) is 52.2 Å². The molecule has 1 aliphatic carbocycles. The second kappa shape index (κ2) is 9.27. The topological polar surface area (TPSA) is 79.8 Å². The summed E-state index contributed by atoms with van der Waals surface area (Å²) in [6.07, 6.45) is 7.94. The van der Waals surface area contributed by atoms with E-state index in [2.05, 4.69) is 49.9 Å². The number of benzene rings is 1. The zero-order valence-corrected chi connectivity index (χ0v) is 19.5. The fourth-order valence-corrected chi connectivity index (χ4v) is 5.91. The van der Waals surface area contributed by atoms with Crippen LogP contribution in [0.15, 0.2) is 61.1 Å². The summed E-state index contributed by atoms with van der Waals surface area (Å²) >= 11 is 1.43. The number of nitrogens with zero attached hydrogens (tertiary/aromatic N) is 3. The Morgan fingerprint density at radius 1 is 1.03 bits per heavy atom. The van der Waals surface area contributed by atoms with Crippen LogP contribution in [0, 0.1) is 6.92 Å². The van der Waals surface area contributed by atoms with Gasteiger partial charge in [0.1, 0.15) is 17.0 Å². The van der Waals surface area contributed by atoms with Crippen molar-refractivity contribution in [3.63, 3.8) is 0 Å². The number of fused-ring (bicyclic) bond motifs is 1. The minimum absolute atomic E-state index is 0.0245. The number of carbonyl (C=O) groups excluding carboxylic acids is 1. The zero-order valence-electron chi connectivity index (χ0n) is 18.7. The smallest absolute Gasteiger partial charge is 0.261 e. The Morgan fingerprint density at radius 2 is 1.82 bits per heavy atom. The van der Waals surface area contributed by atoms with Crippen molar-refractivity contribution in [1.82, 2.24) is 20.3 Å². The van der Waals surface area contributed by atoms with Crippen molar-refractivity contribution in [3.8, 4) is 0 Å². The lowest BCUT2D eigenvalue weighted by atomic mass is 9.79. The minimum atomic E-state index is -0.0339. The Kier molecular flexibility index (Phi) is 6.05. The number of rotatable bonds is 7. The molecule has 0 aliphatic heterocycles. The van der Waals surface area contributed by atoms with Gasteiger partial charge in [0.15, 0.2) is 0 Å². The Balaban J connectivity index is 1.36. The molecule has 7 heteroatoms. The first-order chi connectivity index (χ1) is 16.2. The number of hydrogen-bond acceptors (Lipinski definition) is 6. The molecule has 3 aromatic heterocycles. The summed E-state index contributed by atoms with van der Waals surface area (Å²) < 4.78 is 0. The molecule has 1 saturated carbocycles. The van der Waals surface area contributed by atoms with Gasteiger partial charge < -0.3 is 10.6 Å². The maximum absolute atomic E-state index is 13.3. The molecule has 33 heavy (non-hydrogen) atoms. The van der Waals surface area contributed by atoms with Gasteiger partial charge in [0.25, 0.3) is 5.91 Å². The van der Waals surface area contributed by atoms with E-state index in [9.17, 15) is 4.79 Å². The fraction of sp³-hybridized carbons (Fsp3) is 0.308. The standard InChI is InChI=1S/C26H27N5OS/c1-18-21-23(28-15-20-11-5-8-14-27-20)30-17-31-25(21)33-22(18)24(32)29-16-26(12-6-7-13-26)19-9-3-2-4-10-19/h2-5,8-11,14,17H,6-7,12-13,15-16H2,1H3,(H,29,32)(H,28,30,31). The SMILES string of the molecule is Cc1c(C(=O)NCC2(c3ccccc3)CCCC2)sc2ncnc(NCc3ccccn3)c12. The van der Waals surface area contributed by atoms with Crippen molar-refractivity contribution in [1.29, 1.82) is 0 Å². The number of hydrogen-bond donors (Lipinski definition) is 2. The average Bonchev–Trinajstić information content (AvgIpc) is 3.48. The van der Waals surface area contributed by atoms with Crippen LogP contribution in [0.25, 0.3) is 10.2 Å². The third-order valence-electron chi connectivity index (χ3n) is 6.63. The van der Waals surface area contributed by atoms with E-state index < -0.39 is 0 Å². The molecule has 168 valence electrons. The molecule has 0 saturated heterocycles. The van der Waals surface area contributed by atoms with Crippen LogP contribution in [0.5, 0.6) is 0 Å². The van der Waals surface area contributed by atoms with Gasteiger partial charge in [0.2, 0.25) is 0 Å². The van der Waals surface area contributed by atoms with E-state index in [0.29, 0.717) is 18.0 Å². The van der Waals surface area contributed by atoms with Crippen LogP contribution in [0.2, 0.25) is 0 Å². The Bertz CT molecular complexity index is 1250. The van der Waals surface area contributed by atoms with Crippen LogP contribution in [-0.2, 0) is 12.0 Å². The molecule has 3 heterocycles. The van der Waals surface area contributed by atoms with Crippen LogP contribution in [-0.4, -0.2) is 27.4 Å². The lowest BCUT2D eigenvalue weighted by Crippen LogP contribution is -2.39. The molecule has 2 N–H and O–H groups in total. The summed E-state index contributed by atoms with van der Waals surface area (Å²) in [7, 11) is 0. The number of nitrogens with one attached hydrogen (secondary N) is 2. The maximum atomic E-state index is 13.3. The normalized spacial score (nSPS) is 14.9. The van der Waals surface area contributed by atoms with Crippen molar-refractivity contribution in [2.24, 2.45) is 0 Å². The highest BCUT2D eigenvalue weighted by atomic mass is 32.1. The third kappa shape index (κ3) is 4.33. The van der Waals surface area contributed by atoms with E-state index in [1.165, 1.54) is 29.7 Å². The van der Waals surface area contributed by atoms with Crippen molar-refractivity contribution in [2.75, 3.05) is 11.9 Å². The number of pyridine rings is 1. The Morgan fingerprint density at radius 3 is 2.58 bits per heavy atom. The van der Waals surface area contributed by atoms with Crippen LogP contribution < -0.4 is 10.6 Å². The zero-order chi connectivity index (χ0) is 22.7. The highest BCUT2D eigenvalue weighted by Crippen LogP contribution is 2.41. The predicted molar refractivity (Wildman–Crippen MR) is 133 cm³/mol.